The van der Waals surface area contributed by atoms with Gasteiger partial charge in [0.05, 0.1) is 6.61 Å². The number of anilines is 1. The SMILES string of the molecule is CCOC(=O)C1(Nc2ccc(Cl)cc2)CCC2CC21. The Morgan fingerprint density at radius 2 is 2.21 bits per heavy atom. The molecule has 0 bridgehead atoms. The summed E-state index contributed by atoms with van der Waals surface area (Å²) in [7, 11) is 0. The average Bonchev–Trinajstić information content (AvgIpc) is 3.11. The Balaban J connectivity index is 1.84. The number of carbonyl (C=O) groups is 1. The molecule has 0 aliphatic heterocycles. The molecule has 2 saturated carbocycles. The molecule has 0 saturated heterocycles. The largest absolute Gasteiger partial charge is 0.464 e. The molecule has 2 fully saturated rings. The smallest absolute Gasteiger partial charge is 0.332 e. The first-order valence-electron chi connectivity index (χ1n) is 6.86. The van der Waals surface area contributed by atoms with Crippen molar-refractivity contribution in [3.63, 3.8) is 0 Å². The Morgan fingerprint density at radius 1 is 1.47 bits per heavy atom. The zero-order valence-corrected chi connectivity index (χ0v) is 11.7. The van der Waals surface area contributed by atoms with Crippen molar-refractivity contribution in [1.29, 1.82) is 0 Å². The standard InChI is InChI=1S/C15H18ClNO2/c1-2-19-14(18)15(8-7-10-9-13(10)15)17-12-5-3-11(16)4-6-12/h3-6,10,13,17H,2,7-9H2,1H3. The number of nitrogens with one attached hydrogen (secondary N) is 1. The van der Waals surface area contributed by atoms with Crippen LogP contribution < -0.4 is 5.32 Å². The Hall–Kier alpha value is -1.22. The van der Waals surface area contributed by atoms with E-state index in [0.717, 1.165) is 24.9 Å². The Kier molecular flexibility index (Phi) is 3.17. The first-order chi connectivity index (χ1) is 9.15. The van der Waals surface area contributed by atoms with E-state index in [0.29, 0.717) is 23.5 Å². The molecule has 0 aromatic heterocycles. The third-order valence-corrected chi connectivity index (χ3v) is 4.57. The number of ether oxygens (including phenoxy) is 1. The summed E-state index contributed by atoms with van der Waals surface area (Å²) >= 11 is 5.89. The van der Waals surface area contributed by atoms with E-state index in [4.69, 9.17) is 16.3 Å². The van der Waals surface area contributed by atoms with Crippen molar-refractivity contribution in [3.05, 3.63) is 29.3 Å². The van der Waals surface area contributed by atoms with E-state index < -0.39 is 5.54 Å². The number of hydrogen-bond acceptors (Lipinski definition) is 3. The molecule has 0 heterocycles. The van der Waals surface area contributed by atoms with Gasteiger partial charge in [-0.25, -0.2) is 4.79 Å². The molecule has 2 aliphatic carbocycles. The van der Waals surface area contributed by atoms with Crippen molar-refractivity contribution >= 4 is 23.3 Å². The van der Waals surface area contributed by atoms with Crippen LogP contribution in [0.15, 0.2) is 24.3 Å². The van der Waals surface area contributed by atoms with Gasteiger partial charge in [-0.2, -0.15) is 0 Å². The van der Waals surface area contributed by atoms with Crippen LogP contribution in [0.2, 0.25) is 5.02 Å². The van der Waals surface area contributed by atoms with Gasteiger partial charge in [0, 0.05) is 10.7 Å². The number of fused-ring (bicyclic) bond motifs is 1. The van der Waals surface area contributed by atoms with Gasteiger partial charge < -0.3 is 10.1 Å². The van der Waals surface area contributed by atoms with Crippen LogP contribution in [0.1, 0.15) is 26.2 Å². The van der Waals surface area contributed by atoms with Gasteiger partial charge in [-0.1, -0.05) is 11.6 Å². The van der Waals surface area contributed by atoms with Crippen LogP contribution in [0.3, 0.4) is 0 Å². The molecule has 3 rings (SSSR count). The highest BCUT2D eigenvalue weighted by molar-refractivity contribution is 6.30. The van der Waals surface area contributed by atoms with Crippen molar-refractivity contribution in [2.75, 3.05) is 11.9 Å². The molecular weight excluding hydrogens is 262 g/mol. The van der Waals surface area contributed by atoms with Crippen molar-refractivity contribution in [1.82, 2.24) is 0 Å². The van der Waals surface area contributed by atoms with Gasteiger partial charge >= 0.3 is 5.97 Å². The van der Waals surface area contributed by atoms with E-state index in [-0.39, 0.29) is 5.97 Å². The van der Waals surface area contributed by atoms with Gasteiger partial charge in [0.1, 0.15) is 5.54 Å². The number of benzene rings is 1. The molecule has 3 unspecified atom stereocenters. The van der Waals surface area contributed by atoms with Crippen molar-refractivity contribution in [2.24, 2.45) is 11.8 Å². The lowest BCUT2D eigenvalue weighted by Gasteiger charge is -2.31. The summed E-state index contributed by atoms with van der Waals surface area (Å²) in [6.07, 6.45) is 3.12. The summed E-state index contributed by atoms with van der Waals surface area (Å²) in [5, 5.41) is 4.12. The summed E-state index contributed by atoms with van der Waals surface area (Å²) in [4.78, 5) is 12.4. The van der Waals surface area contributed by atoms with E-state index in [2.05, 4.69) is 5.32 Å². The Bertz CT molecular complexity index is 487. The van der Waals surface area contributed by atoms with Crippen LogP contribution in [0.4, 0.5) is 5.69 Å². The minimum absolute atomic E-state index is 0.102. The molecule has 1 aromatic rings. The molecule has 3 nitrogen and oxygen atoms in total. The predicted octanol–water partition coefficient (Wildman–Crippen LogP) is 3.48. The first-order valence-corrected chi connectivity index (χ1v) is 7.24. The summed E-state index contributed by atoms with van der Waals surface area (Å²) in [5.74, 6) is 1.03. The van der Waals surface area contributed by atoms with Crippen LogP contribution in [0.5, 0.6) is 0 Å². The fourth-order valence-electron chi connectivity index (χ4n) is 3.28. The van der Waals surface area contributed by atoms with Gasteiger partial charge in [0.15, 0.2) is 0 Å². The number of esters is 1. The molecule has 19 heavy (non-hydrogen) atoms. The molecule has 1 N–H and O–H groups in total. The third kappa shape index (κ3) is 2.20. The lowest BCUT2D eigenvalue weighted by molar-refractivity contribution is -0.149. The van der Waals surface area contributed by atoms with Crippen molar-refractivity contribution in [3.8, 4) is 0 Å². The van der Waals surface area contributed by atoms with Gasteiger partial charge in [0.2, 0.25) is 0 Å². The number of hydrogen-bond donors (Lipinski definition) is 1. The summed E-state index contributed by atoms with van der Waals surface area (Å²) in [6, 6.07) is 7.50. The Labute approximate surface area is 118 Å². The monoisotopic (exact) mass is 279 g/mol. The van der Waals surface area contributed by atoms with Crippen molar-refractivity contribution < 1.29 is 9.53 Å². The van der Waals surface area contributed by atoms with Crippen LogP contribution in [-0.4, -0.2) is 18.1 Å². The van der Waals surface area contributed by atoms with Crippen LogP contribution >= 0.6 is 11.6 Å². The molecule has 4 heteroatoms. The van der Waals surface area contributed by atoms with Gasteiger partial charge in [-0.05, 0) is 62.3 Å². The highest BCUT2D eigenvalue weighted by Gasteiger charge is 2.62. The van der Waals surface area contributed by atoms with E-state index >= 15 is 0 Å². The highest BCUT2D eigenvalue weighted by Crippen LogP contribution is 2.58. The lowest BCUT2D eigenvalue weighted by Crippen LogP contribution is -2.48. The molecule has 3 atom stereocenters. The molecule has 0 amide bonds. The van der Waals surface area contributed by atoms with Crippen LogP contribution in [0, 0.1) is 11.8 Å². The number of rotatable bonds is 4. The van der Waals surface area contributed by atoms with E-state index in [1.54, 1.807) is 0 Å². The second-order valence-electron chi connectivity index (χ2n) is 5.46. The quantitative estimate of drug-likeness (QED) is 0.858. The van der Waals surface area contributed by atoms with E-state index in [1.807, 2.05) is 31.2 Å². The van der Waals surface area contributed by atoms with Gasteiger partial charge in [0.25, 0.3) is 0 Å². The maximum absolute atomic E-state index is 12.4. The molecule has 1 aromatic carbocycles. The maximum atomic E-state index is 12.4. The minimum Gasteiger partial charge on any atom is -0.464 e. The lowest BCUT2D eigenvalue weighted by atomic mass is 9.92. The molecule has 0 radical (unpaired) electrons. The van der Waals surface area contributed by atoms with Gasteiger partial charge in [-0.15, -0.1) is 0 Å². The first kappa shape index (κ1) is 12.8. The fraction of sp³-hybridized carbons (Fsp3) is 0.533. The van der Waals surface area contributed by atoms with Gasteiger partial charge in [-0.3, -0.25) is 0 Å². The second-order valence-corrected chi connectivity index (χ2v) is 5.90. The normalized spacial score (nSPS) is 31.7. The fourth-order valence-corrected chi connectivity index (χ4v) is 3.40. The summed E-state index contributed by atoms with van der Waals surface area (Å²) < 4.78 is 5.29. The predicted molar refractivity (Wildman–Crippen MR) is 75.3 cm³/mol. The average molecular weight is 280 g/mol. The zero-order chi connectivity index (χ0) is 13.5. The molecule has 0 spiro atoms. The highest BCUT2D eigenvalue weighted by atomic mass is 35.5. The maximum Gasteiger partial charge on any atom is 0.332 e. The topological polar surface area (TPSA) is 38.3 Å². The summed E-state index contributed by atoms with van der Waals surface area (Å²) in [6.45, 7) is 2.29. The number of halogens is 1. The zero-order valence-electron chi connectivity index (χ0n) is 11.0. The van der Waals surface area contributed by atoms with Crippen LogP contribution in [0.25, 0.3) is 0 Å². The van der Waals surface area contributed by atoms with Crippen LogP contribution in [-0.2, 0) is 9.53 Å². The van der Waals surface area contributed by atoms with E-state index in [1.165, 1.54) is 0 Å². The third-order valence-electron chi connectivity index (χ3n) is 4.32. The van der Waals surface area contributed by atoms with E-state index in [9.17, 15) is 4.79 Å². The van der Waals surface area contributed by atoms with Crippen molar-refractivity contribution in [2.45, 2.75) is 31.7 Å². The molecule has 2 aliphatic rings. The Morgan fingerprint density at radius 3 is 2.74 bits per heavy atom. The molecule has 102 valence electrons. The number of carbonyl (C=O) groups excluding carboxylic acids is 1. The second kappa shape index (κ2) is 4.71. The minimum atomic E-state index is -0.519. The molecular formula is C15H18ClNO2. The summed E-state index contributed by atoms with van der Waals surface area (Å²) in [5.41, 5.74) is 0.416.